The minimum Gasteiger partial charge on any atom is -0.372 e. The molecule has 2 saturated heterocycles. The molecule has 2 heterocycles. The van der Waals surface area contributed by atoms with Crippen LogP contribution in [0.15, 0.2) is 24.3 Å². The molecule has 1 N–H and O–H groups in total. The van der Waals surface area contributed by atoms with Crippen molar-refractivity contribution in [2.45, 2.75) is 19.3 Å². The quantitative estimate of drug-likeness (QED) is 0.651. The molecule has 3 rings (SSSR count). The van der Waals surface area contributed by atoms with Crippen LogP contribution in [0.3, 0.4) is 0 Å². The molecule has 0 bridgehead atoms. The van der Waals surface area contributed by atoms with E-state index in [1.807, 2.05) is 12.1 Å². The minimum absolute atomic E-state index is 0.485. The van der Waals surface area contributed by atoms with Gasteiger partial charge in [-0.3, -0.25) is 19.3 Å². The largest absolute Gasteiger partial charge is 0.372 e. The summed E-state index contributed by atoms with van der Waals surface area (Å²) in [7, 11) is 1.21. The van der Waals surface area contributed by atoms with Crippen LogP contribution in [0.25, 0.3) is 0 Å². The van der Waals surface area contributed by atoms with E-state index in [1.165, 1.54) is 26.3 Å². The minimum atomic E-state index is -0.983. The van der Waals surface area contributed by atoms with E-state index >= 15 is 0 Å². The highest BCUT2D eigenvalue weighted by molar-refractivity contribution is 6.44. The number of imide groups is 2. The molecule has 132 valence electrons. The van der Waals surface area contributed by atoms with E-state index < -0.39 is 30.3 Å². The Bertz CT molecular complexity index is 710. The summed E-state index contributed by atoms with van der Waals surface area (Å²) < 4.78 is 0. The van der Waals surface area contributed by atoms with Crippen LogP contribution < -0.4 is 10.2 Å². The molecule has 0 spiro atoms. The highest BCUT2D eigenvalue weighted by Gasteiger charge is 2.42. The topological polar surface area (TPSA) is 90.0 Å². The van der Waals surface area contributed by atoms with Crippen molar-refractivity contribution in [1.82, 2.24) is 9.80 Å². The fourth-order valence-corrected chi connectivity index (χ4v) is 3.00. The van der Waals surface area contributed by atoms with Crippen LogP contribution in [0.4, 0.5) is 16.2 Å². The van der Waals surface area contributed by atoms with Gasteiger partial charge in [-0.05, 0) is 43.5 Å². The molecule has 0 aromatic heterocycles. The lowest BCUT2D eigenvalue weighted by molar-refractivity contribution is -0.143. The number of carbonyl (C=O) groups is 4. The Morgan fingerprint density at radius 2 is 1.64 bits per heavy atom. The van der Waals surface area contributed by atoms with Crippen molar-refractivity contribution < 1.29 is 19.2 Å². The first-order chi connectivity index (χ1) is 12.0. The average molecular weight is 344 g/mol. The standard InChI is InChI=1S/C17H20N4O4/c1-19-15(23)16(24)21(17(19)25)11-14(22)18-12-5-7-13(8-6-12)20-9-3-2-4-10-20/h5-8H,2-4,9-11H2,1H3,(H,18,22). The molecular formula is C17H20N4O4. The first-order valence-corrected chi connectivity index (χ1v) is 8.26. The summed E-state index contributed by atoms with van der Waals surface area (Å²) in [6, 6.07) is 6.65. The van der Waals surface area contributed by atoms with Gasteiger partial charge >= 0.3 is 17.8 Å². The van der Waals surface area contributed by atoms with Gasteiger partial charge in [0.15, 0.2) is 0 Å². The van der Waals surface area contributed by atoms with Crippen LogP contribution in [0, 0.1) is 0 Å². The Balaban J connectivity index is 1.59. The Morgan fingerprint density at radius 3 is 2.20 bits per heavy atom. The van der Waals surface area contributed by atoms with Crippen molar-refractivity contribution in [3.05, 3.63) is 24.3 Å². The Kier molecular flexibility index (Phi) is 4.69. The van der Waals surface area contributed by atoms with Crippen LogP contribution in [0.2, 0.25) is 0 Å². The summed E-state index contributed by atoms with van der Waals surface area (Å²) in [5, 5.41) is 2.64. The van der Waals surface area contributed by atoms with E-state index in [2.05, 4.69) is 10.2 Å². The number of nitrogens with one attached hydrogen (secondary N) is 1. The summed E-state index contributed by atoms with van der Waals surface area (Å²) >= 11 is 0. The van der Waals surface area contributed by atoms with Crippen LogP contribution >= 0.6 is 0 Å². The third-order valence-corrected chi connectivity index (χ3v) is 4.42. The van der Waals surface area contributed by atoms with Gasteiger partial charge in [0.2, 0.25) is 5.91 Å². The van der Waals surface area contributed by atoms with Gasteiger partial charge in [-0.25, -0.2) is 9.69 Å². The van der Waals surface area contributed by atoms with Crippen molar-refractivity contribution >= 4 is 35.1 Å². The van der Waals surface area contributed by atoms with Crippen LogP contribution in [-0.4, -0.2) is 60.2 Å². The van der Waals surface area contributed by atoms with Gasteiger partial charge in [0.05, 0.1) is 0 Å². The van der Waals surface area contributed by atoms with Crippen molar-refractivity contribution in [1.29, 1.82) is 0 Å². The molecule has 2 fully saturated rings. The van der Waals surface area contributed by atoms with Gasteiger partial charge in [0, 0.05) is 31.5 Å². The second kappa shape index (κ2) is 6.92. The van der Waals surface area contributed by atoms with Crippen molar-refractivity contribution in [3.63, 3.8) is 0 Å². The molecule has 8 nitrogen and oxygen atoms in total. The zero-order chi connectivity index (χ0) is 18.0. The fraction of sp³-hybridized carbons (Fsp3) is 0.412. The first-order valence-electron chi connectivity index (χ1n) is 8.26. The smallest absolute Gasteiger partial charge is 0.334 e. The second-order valence-electron chi connectivity index (χ2n) is 6.18. The molecule has 2 aliphatic rings. The number of nitrogens with zero attached hydrogens (tertiary/aromatic N) is 3. The summed E-state index contributed by atoms with van der Waals surface area (Å²) in [6.45, 7) is 1.58. The number of urea groups is 1. The maximum Gasteiger partial charge on any atom is 0.334 e. The maximum atomic E-state index is 12.1. The second-order valence-corrected chi connectivity index (χ2v) is 6.18. The van der Waals surface area contributed by atoms with E-state index in [1.54, 1.807) is 12.1 Å². The molecule has 5 amide bonds. The highest BCUT2D eigenvalue weighted by atomic mass is 16.2. The monoisotopic (exact) mass is 344 g/mol. The molecule has 25 heavy (non-hydrogen) atoms. The van der Waals surface area contributed by atoms with E-state index in [4.69, 9.17) is 0 Å². The average Bonchev–Trinajstić information content (AvgIpc) is 2.81. The Morgan fingerprint density at radius 1 is 1.00 bits per heavy atom. The van der Waals surface area contributed by atoms with Gasteiger partial charge in [0.1, 0.15) is 6.54 Å². The SMILES string of the molecule is CN1C(=O)C(=O)N(CC(=O)Nc2ccc(N3CCCCC3)cc2)C1=O. The number of anilines is 2. The molecule has 0 aliphatic carbocycles. The lowest BCUT2D eigenvalue weighted by atomic mass is 10.1. The molecule has 1 aromatic carbocycles. The highest BCUT2D eigenvalue weighted by Crippen LogP contribution is 2.22. The van der Waals surface area contributed by atoms with Crippen molar-refractivity contribution in [3.8, 4) is 0 Å². The Hall–Kier alpha value is -2.90. The zero-order valence-corrected chi connectivity index (χ0v) is 14.0. The number of rotatable bonds is 4. The van der Waals surface area contributed by atoms with Gasteiger partial charge in [-0.15, -0.1) is 0 Å². The molecule has 2 aliphatic heterocycles. The van der Waals surface area contributed by atoms with Gasteiger partial charge < -0.3 is 10.2 Å². The van der Waals surface area contributed by atoms with Crippen LogP contribution in [0.1, 0.15) is 19.3 Å². The number of piperidine rings is 1. The number of amides is 5. The first kappa shape index (κ1) is 16.9. The molecule has 1 aromatic rings. The zero-order valence-electron chi connectivity index (χ0n) is 14.0. The molecule has 0 radical (unpaired) electrons. The summed E-state index contributed by atoms with van der Waals surface area (Å²) in [4.78, 5) is 50.6. The predicted molar refractivity (Wildman–Crippen MR) is 91.0 cm³/mol. The number of benzene rings is 1. The Labute approximate surface area is 145 Å². The van der Waals surface area contributed by atoms with E-state index in [-0.39, 0.29) is 0 Å². The molecule has 0 atom stereocenters. The lowest BCUT2D eigenvalue weighted by Gasteiger charge is -2.28. The molecule has 0 unspecified atom stereocenters. The number of hydrogen-bond acceptors (Lipinski definition) is 5. The lowest BCUT2D eigenvalue weighted by Crippen LogP contribution is -2.38. The summed E-state index contributed by atoms with van der Waals surface area (Å²) in [6.07, 6.45) is 3.63. The number of likely N-dealkylation sites (N-methyl/N-ethyl adjacent to an activating group) is 1. The van der Waals surface area contributed by atoms with Crippen molar-refractivity contribution in [2.24, 2.45) is 0 Å². The van der Waals surface area contributed by atoms with Crippen LogP contribution in [0.5, 0.6) is 0 Å². The summed E-state index contributed by atoms with van der Waals surface area (Å²) in [5.41, 5.74) is 1.68. The van der Waals surface area contributed by atoms with E-state index in [0.717, 1.165) is 18.8 Å². The normalized spacial score (nSPS) is 18.1. The van der Waals surface area contributed by atoms with Gasteiger partial charge in [0.25, 0.3) is 0 Å². The fourth-order valence-electron chi connectivity index (χ4n) is 3.00. The third kappa shape index (κ3) is 3.47. The number of carbonyl (C=O) groups excluding carboxylic acids is 4. The van der Waals surface area contributed by atoms with E-state index in [9.17, 15) is 19.2 Å². The van der Waals surface area contributed by atoms with Crippen LogP contribution in [-0.2, 0) is 14.4 Å². The maximum absolute atomic E-state index is 12.1. The molecular weight excluding hydrogens is 324 g/mol. The van der Waals surface area contributed by atoms with E-state index in [0.29, 0.717) is 15.5 Å². The van der Waals surface area contributed by atoms with Crippen molar-refractivity contribution in [2.75, 3.05) is 36.9 Å². The summed E-state index contributed by atoms with van der Waals surface area (Å²) in [5.74, 6) is -2.44. The molecule has 8 heteroatoms. The van der Waals surface area contributed by atoms with Gasteiger partial charge in [-0.1, -0.05) is 0 Å². The third-order valence-electron chi connectivity index (χ3n) is 4.42. The predicted octanol–water partition coefficient (Wildman–Crippen LogP) is 1.04. The number of hydrogen-bond donors (Lipinski definition) is 1. The van der Waals surface area contributed by atoms with Gasteiger partial charge in [-0.2, -0.15) is 0 Å². The molecule has 0 saturated carbocycles.